The Morgan fingerprint density at radius 3 is 2.47 bits per heavy atom. The minimum absolute atomic E-state index is 0. The molecule has 2 fully saturated rings. The number of hydrogen-bond acceptors (Lipinski definition) is 8. The molecule has 11 nitrogen and oxygen atoms in total. The van der Waals surface area contributed by atoms with Gasteiger partial charge in [0.05, 0.1) is 6.04 Å². The van der Waals surface area contributed by atoms with Crippen LogP contribution < -0.4 is 45.5 Å². The maximum absolute atomic E-state index is 13.3. The van der Waals surface area contributed by atoms with Crippen LogP contribution in [0.1, 0.15) is 56.9 Å². The quantitative estimate of drug-likeness (QED) is 0.186. The fourth-order valence-electron chi connectivity index (χ4n) is 4.85. The molecule has 1 aromatic carbocycles. The van der Waals surface area contributed by atoms with E-state index in [0.717, 1.165) is 32.1 Å². The van der Waals surface area contributed by atoms with Gasteiger partial charge in [-0.3, -0.25) is 9.59 Å². The summed E-state index contributed by atoms with van der Waals surface area (Å²) in [6, 6.07) is 4.12. The Morgan fingerprint density at radius 2 is 1.87 bits per heavy atom. The van der Waals surface area contributed by atoms with Crippen LogP contribution in [0.2, 0.25) is 5.02 Å². The van der Waals surface area contributed by atoms with Gasteiger partial charge in [-0.25, -0.2) is 13.2 Å². The van der Waals surface area contributed by atoms with Crippen molar-refractivity contribution in [2.75, 3.05) is 6.54 Å². The number of rotatable bonds is 11. The fourth-order valence-corrected chi connectivity index (χ4v) is 5.65. The Morgan fingerprint density at radius 1 is 1.16 bits per heavy atom. The van der Waals surface area contributed by atoms with E-state index in [1.165, 1.54) is 0 Å². The smallest absolute Gasteiger partial charge is 0.746 e. The number of amides is 3. The predicted molar refractivity (Wildman–Crippen MR) is 133 cm³/mol. The molecule has 1 aromatic rings. The first-order valence-electron chi connectivity index (χ1n) is 12.4. The van der Waals surface area contributed by atoms with Gasteiger partial charge in [-0.05, 0) is 42.9 Å². The van der Waals surface area contributed by atoms with Gasteiger partial charge in [0, 0.05) is 17.5 Å². The van der Waals surface area contributed by atoms with Crippen molar-refractivity contribution in [1.29, 1.82) is 0 Å². The molecular weight excluding hydrogens is 549 g/mol. The summed E-state index contributed by atoms with van der Waals surface area (Å²) in [7, 11) is -5.19. The second-order valence-electron chi connectivity index (χ2n) is 9.65. The second-order valence-corrected chi connectivity index (χ2v) is 11.6. The van der Waals surface area contributed by atoms with Gasteiger partial charge in [-0.1, -0.05) is 55.8 Å². The summed E-state index contributed by atoms with van der Waals surface area (Å²) in [5, 5.41) is 18.2. The molecule has 3 rings (SSSR count). The molecule has 2 aliphatic rings. The van der Waals surface area contributed by atoms with Gasteiger partial charge >= 0.3 is 35.7 Å². The van der Waals surface area contributed by atoms with Crippen molar-refractivity contribution in [1.82, 2.24) is 16.0 Å². The van der Waals surface area contributed by atoms with Gasteiger partial charge < -0.3 is 30.3 Å². The minimum Gasteiger partial charge on any atom is -0.746 e. The first-order valence-corrected chi connectivity index (χ1v) is 14.3. The van der Waals surface area contributed by atoms with Crippen molar-refractivity contribution >= 4 is 39.6 Å². The maximum atomic E-state index is 13.3. The summed E-state index contributed by atoms with van der Waals surface area (Å²) in [6.07, 6.45) is 4.34. The molecule has 14 heteroatoms. The van der Waals surface area contributed by atoms with E-state index >= 15 is 0 Å². The van der Waals surface area contributed by atoms with E-state index in [0.29, 0.717) is 23.6 Å². The topological polar surface area (TPSA) is 174 Å². The van der Waals surface area contributed by atoms with Gasteiger partial charge in [0.2, 0.25) is 11.8 Å². The Bertz CT molecular complexity index is 1070. The summed E-state index contributed by atoms with van der Waals surface area (Å²) in [6.45, 7) is 0.283. The van der Waals surface area contributed by atoms with E-state index < -0.39 is 45.6 Å². The Hall–Kier alpha value is -1.41. The first kappa shape index (κ1) is 32.8. The Labute approximate surface area is 249 Å². The zero-order valence-electron chi connectivity index (χ0n) is 21.4. The second kappa shape index (κ2) is 15.4. The molecule has 1 saturated carbocycles. The van der Waals surface area contributed by atoms with Crippen LogP contribution in [0.15, 0.2) is 24.3 Å². The number of carbonyl (C=O) groups is 3. The Kier molecular flexibility index (Phi) is 13.3. The van der Waals surface area contributed by atoms with E-state index in [9.17, 15) is 32.5 Å². The van der Waals surface area contributed by atoms with Crippen molar-refractivity contribution in [2.45, 2.75) is 75.5 Å². The molecule has 206 valence electrons. The number of carbonyl (C=O) groups excluding carboxylic acids is 3. The third kappa shape index (κ3) is 10.3. The molecule has 1 aliphatic carbocycles. The summed E-state index contributed by atoms with van der Waals surface area (Å²) >= 11 is 5.95. The zero-order chi connectivity index (χ0) is 27.0. The average Bonchev–Trinajstić information content (AvgIpc) is 3.25. The summed E-state index contributed by atoms with van der Waals surface area (Å²) < 4.78 is 39.9. The molecule has 1 heterocycles. The monoisotopic (exact) mass is 581 g/mol. The van der Waals surface area contributed by atoms with Crippen LogP contribution >= 0.6 is 11.6 Å². The van der Waals surface area contributed by atoms with Crippen LogP contribution in [0.25, 0.3) is 0 Å². The van der Waals surface area contributed by atoms with Crippen LogP contribution in [-0.2, 0) is 31.1 Å². The number of halogens is 1. The van der Waals surface area contributed by atoms with Gasteiger partial charge in [-0.15, -0.1) is 0 Å². The SMILES string of the molecule is O=C(N[C@@H](CC1CCCCC1)C(=O)N[C@@H](C[C@@H]1CCNC1=O)C(O)S(=O)(=O)[O-])OCc1cccc(Cl)c1.[Na+]. The molecule has 1 unspecified atom stereocenters. The number of hydrogen-bond donors (Lipinski definition) is 4. The number of aliphatic hydroxyl groups is 1. The standard InChI is InChI=1S/C24H34ClN3O8S.Na/c25-18-8-4-7-16(11-18)14-36-24(32)28-19(12-15-5-2-1-3-6-15)22(30)27-20(23(31)37(33,34)35)13-17-9-10-26-21(17)29;/h4,7-8,11,15,17,19-20,23,31H,1-3,5-6,9-10,12-14H2,(H,26,29)(H,27,30)(H,28,32)(H,33,34,35);/q;+1/p-1/t17-,19-,20-,23?;/m0./s1. The predicted octanol–water partition coefficient (Wildman–Crippen LogP) is -1.22. The van der Waals surface area contributed by atoms with Gasteiger partial charge in [0.25, 0.3) is 0 Å². The summed E-state index contributed by atoms with van der Waals surface area (Å²) in [4.78, 5) is 37.8. The van der Waals surface area contributed by atoms with Gasteiger partial charge in [-0.2, -0.15) is 0 Å². The van der Waals surface area contributed by atoms with Crippen molar-refractivity contribution in [3.05, 3.63) is 34.9 Å². The van der Waals surface area contributed by atoms with Crippen molar-refractivity contribution < 1.29 is 66.8 Å². The summed E-state index contributed by atoms with van der Waals surface area (Å²) in [5.41, 5.74) is -1.80. The van der Waals surface area contributed by atoms with Crippen LogP contribution in [-0.4, -0.2) is 60.0 Å². The Balaban J connectivity index is 0.00000507. The molecule has 0 aromatic heterocycles. The third-order valence-corrected chi connectivity index (χ3v) is 7.99. The molecule has 3 amide bonds. The number of aliphatic hydroxyl groups excluding tert-OH is 1. The maximum Gasteiger partial charge on any atom is 1.00 e. The van der Waals surface area contributed by atoms with Crippen molar-refractivity contribution in [3.63, 3.8) is 0 Å². The molecule has 38 heavy (non-hydrogen) atoms. The largest absolute Gasteiger partial charge is 1.00 e. The molecule has 0 bridgehead atoms. The minimum atomic E-state index is -5.19. The first-order chi connectivity index (χ1) is 17.5. The number of benzene rings is 1. The van der Waals surface area contributed by atoms with Crippen molar-refractivity contribution in [3.8, 4) is 0 Å². The van der Waals surface area contributed by atoms with E-state index in [2.05, 4.69) is 16.0 Å². The van der Waals surface area contributed by atoms with Gasteiger partial charge in [0.15, 0.2) is 5.44 Å². The molecule has 0 radical (unpaired) electrons. The van der Waals surface area contributed by atoms with Crippen LogP contribution in [0.4, 0.5) is 4.79 Å². The average molecular weight is 582 g/mol. The molecule has 4 N–H and O–H groups in total. The van der Waals surface area contributed by atoms with Crippen LogP contribution in [0.5, 0.6) is 0 Å². The molecule has 1 saturated heterocycles. The zero-order valence-corrected chi connectivity index (χ0v) is 24.9. The van der Waals surface area contributed by atoms with E-state index in [1.54, 1.807) is 24.3 Å². The molecule has 4 atom stereocenters. The van der Waals surface area contributed by atoms with Crippen LogP contribution in [0.3, 0.4) is 0 Å². The normalized spacial score (nSPS) is 20.4. The van der Waals surface area contributed by atoms with Crippen LogP contribution in [0, 0.1) is 11.8 Å². The molecule has 1 aliphatic heterocycles. The van der Waals surface area contributed by atoms with Crippen molar-refractivity contribution in [2.24, 2.45) is 11.8 Å². The van der Waals surface area contributed by atoms with E-state index in [-0.39, 0.29) is 60.8 Å². The van der Waals surface area contributed by atoms with E-state index in [4.69, 9.17) is 16.3 Å². The fraction of sp³-hybridized carbons (Fsp3) is 0.625. The van der Waals surface area contributed by atoms with E-state index in [1.807, 2.05) is 0 Å². The summed E-state index contributed by atoms with van der Waals surface area (Å²) in [5.74, 6) is -1.65. The third-order valence-electron chi connectivity index (χ3n) is 6.83. The number of alkyl carbamates (subject to hydrolysis) is 1. The number of nitrogens with one attached hydrogen (secondary N) is 3. The van der Waals surface area contributed by atoms with Gasteiger partial charge in [0.1, 0.15) is 22.8 Å². The number of ether oxygens (including phenoxy) is 1. The molecular formula is C24H33ClN3NaO8S. The molecule has 0 spiro atoms.